The molecule has 1 aromatic carbocycles. The van der Waals surface area contributed by atoms with Crippen LogP contribution in [-0.2, 0) is 9.47 Å². The Labute approximate surface area is 135 Å². The van der Waals surface area contributed by atoms with Gasteiger partial charge in [0, 0.05) is 35.4 Å². The average molecular weight is 321 g/mol. The lowest BCUT2D eigenvalue weighted by molar-refractivity contribution is -0.384. The standard InChI is InChI=1S/C17H23NO5/c1-12(16-22-10-17(2,3)11-23-16)7-8-15(19)13-5-4-6-14(9-13)18(20)21/h4-6,9,12,16H,7-8,10-11H2,1-3H3. The lowest BCUT2D eigenvalue weighted by Crippen LogP contribution is -2.40. The molecule has 1 heterocycles. The molecule has 0 bridgehead atoms. The molecule has 1 saturated heterocycles. The van der Waals surface area contributed by atoms with Gasteiger partial charge in [-0.3, -0.25) is 14.9 Å². The van der Waals surface area contributed by atoms with Crippen molar-refractivity contribution in [3.8, 4) is 0 Å². The van der Waals surface area contributed by atoms with Crippen molar-refractivity contribution in [2.45, 2.75) is 39.9 Å². The Morgan fingerprint density at radius 3 is 2.65 bits per heavy atom. The third-order valence-corrected chi connectivity index (χ3v) is 3.95. The number of carbonyl (C=O) groups is 1. The monoisotopic (exact) mass is 321 g/mol. The van der Waals surface area contributed by atoms with Crippen molar-refractivity contribution in [2.24, 2.45) is 11.3 Å². The smallest absolute Gasteiger partial charge is 0.270 e. The van der Waals surface area contributed by atoms with Crippen LogP contribution in [-0.4, -0.2) is 30.2 Å². The van der Waals surface area contributed by atoms with Crippen LogP contribution in [0.25, 0.3) is 0 Å². The van der Waals surface area contributed by atoms with Crippen LogP contribution >= 0.6 is 0 Å². The number of ketones is 1. The van der Waals surface area contributed by atoms with E-state index in [-0.39, 0.29) is 29.1 Å². The van der Waals surface area contributed by atoms with E-state index in [1.54, 1.807) is 6.07 Å². The zero-order chi connectivity index (χ0) is 17.0. The van der Waals surface area contributed by atoms with Gasteiger partial charge in [-0.05, 0) is 6.42 Å². The lowest BCUT2D eigenvalue weighted by atomic mass is 9.94. The molecule has 0 aliphatic carbocycles. The first-order valence-corrected chi connectivity index (χ1v) is 7.79. The summed E-state index contributed by atoms with van der Waals surface area (Å²) in [6.07, 6.45) is 0.641. The summed E-state index contributed by atoms with van der Waals surface area (Å²) in [7, 11) is 0. The van der Waals surface area contributed by atoms with Gasteiger partial charge in [0.2, 0.25) is 0 Å². The summed E-state index contributed by atoms with van der Waals surface area (Å²) in [5.74, 6) is -0.00885. The number of rotatable bonds is 6. The van der Waals surface area contributed by atoms with Gasteiger partial charge in [-0.1, -0.05) is 32.9 Å². The molecule has 1 fully saturated rings. The number of carbonyl (C=O) groups excluding carboxylic acids is 1. The van der Waals surface area contributed by atoms with Crippen LogP contribution in [0.1, 0.15) is 44.0 Å². The van der Waals surface area contributed by atoms with Crippen LogP contribution in [0, 0.1) is 21.4 Å². The molecule has 0 radical (unpaired) electrons. The molecule has 23 heavy (non-hydrogen) atoms. The van der Waals surface area contributed by atoms with Crippen LogP contribution in [0.4, 0.5) is 5.69 Å². The van der Waals surface area contributed by atoms with E-state index in [1.165, 1.54) is 18.2 Å². The van der Waals surface area contributed by atoms with Crippen LogP contribution in [0.15, 0.2) is 24.3 Å². The number of nitro groups is 1. The molecule has 6 nitrogen and oxygen atoms in total. The Kier molecular flexibility index (Phi) is 5.49. The maximum absolute atomic E-state index is 12.2. The lowest BCUT2D eigenvalue weighted by Gasteiger charge is -2.37. The Morgan fingerprint density at radius 2 is 2.04 bits per heavy atom. The highest BCUT2D eigenvalue weighted by Gasteiger charge is 2.31. The first kappa shape index (κ1) is 17.6. The first-order chi connectivity index (χ1) is 10.8. The average Bonchev–Trinajstić information content (AvgIpc) is 2.52. The van der Waals surface area contributed by atoms with Gasteiger partial charge in [0.1, 0.15) is 0 Å². The van der Waals surface area contributed by atoms with Gasteiger partial charge >= 0.3 is 0 Å². The summed E-state index contributed by atoms with van der Waals surface area (Å²) in [6, 6.07) is 5.84. The zero-order valence-corrected chi connectivity index (χ0v) is 13.8. The summed E-state index contributed by atoms with van der Waals surface area (Å²) < 4.78 is 11.4. The van der Waals surface area contributed by atoms with E-state index in [4.69, 9.17) is 9.47 Å². The van der Waals surface area contributed by atoms with Gasteiger partial charge in [-0.15, -0.1) is 0 Å². The quantitative estimate of drug-likeness (QED) is 0.454. The Hall–Kier alpha value is -1.79. The SMILES string of the molecule is CC(CCC(=O)c1cccc([N+](=O)[O-])c1)C1OCC(C)(C)CO1. The number of non-ortho nitro benzene ring substituents is 1. The van der Waals surface area contributed by atoms with E-state index in [1.807, 2.05) is 6.92 Å². The number of Topliss-reactive ketones (excluding diaryl/α,β-unsaturated/α-hetero) is 1. The molecule has 1 atom stereocenters. The van der Waals surface area contributed by atoms with E-state index in [0.29, 0.717) is 31.6 Å². The third-order valence-electron chi connectivity index (χ3n) is 3.95. The van der Waals surface area contributed by atoms with Crippen molar-refractivity contribution >= 4 is 11.5 Å². The Morgan fingerprint density at radius 1 is 1.39 bits per heavy atom. The predicted molar refractivity (Wildman–Crippen MR) is 85.3 cm³/mol. The predicted octanol–water partition coefficient (Wildman–Crippen LogP) is 3.59. The second-order valence-corrected chi connectivity index (χ2v) is 6.90. The molecule has 126 valence electrons. The number of nitro benzene ring substituents is 1. The van der Waals surface area contributed by atoms with Gasteiger partial charge in [0.25, 0.3) is 5.69 Å². The number of ether oxygens (including phenoxy) is 2. The number of nitrogens with zero attached hydrogens (tertiary/aromatic N) is 1. The second kappa shape index (κ2) is 7.19. The van der Waals surface area contributed by atoms with Crippen molar-refractivity contribution < 1.29 is 19.2 Å². The summed E-state index contributed by atoms with van der Waals surface area (Å²) in [4.78, 5) is 22.5. The fraction of sp³-hybridized carbons (Fsp3) is 0.588. The molecule has 0 saturated carbocycles. The van der Waals surface area contributed by atoms with Crippen LogP contribution in [0.5, 0.6) is 0 Å². The number of hydrogen-bond acceptors (Lipinski definition) is 5. The van der Waals surface area contributed by atoms with Gasteiger partial charge in [0.05, 0.1) is 18.1 Å². The Balaban J connectivity index is 1.87. The maximum Gasteiger partial charge on any atom is 0.270 e. The molecule has 6 heteroatoms. The van der Waals surface area contributed by atoms with E-state index in [9.17, 15) is 14.9 Å². The maximum atomic E-state index is 12.2. The summed E-state index contributed by atoms with van der Waals surface area (Å²) in [6.45, 7) is 7.44. The molecule has 0 spiro atoms. The normalized spacial score (nSPS) is 19.3. The molecule has 1 aliphatic rings. The minimum Gasteiger partial charge on any atom is -0.352 e. The van der Waals surface area contributed by atoms with E-state index >= 15 is 0 Å². The number of benzene rings is 1. The van der Waals surface area contributed by atoms with Gasteiger partial charge in [-0.25, -0.2) is 0 Å². The fourth-order valence-corrected chi connectivity index (χ4v) is 2.47. The summed E-state index contributed by atoms with van der Waals surface area (Å²) in [5, 5.41) is 10.8. The van der Waals surface area contributed by atoms with Gasteiger partial charge in [-0.2, -0.15) is 0 Å². The topological polar surface area (TPSA) is 78.7 Å². The van der Waals surface area contributed by atoms with E-state index in [0.717, 1.165) is 0 Å². The zero-order valence-electron chi connectivity index (χ0n) is 13.8. The molecular weight excluding hydrogens is 298 g/mol. The molecule has 0 aromatic heterocycles. The number of hydrogen-bond donors (Lipinski definition) is 0. The highest BCUT2D eigenvalue weighted by molar-refractivity contribution is 5.96. The molecule has 0 N–H and O–H groups in total. The van der Waals surface area contributed by atoms with Crippen molar-refractivity contribution in [2.75, 3.05) is 13.2 Å². The molecule has 0 amide bonds. The fourth-order valence-electron chi connectivity index (χ4n) is 2.47. The van der Waals surface area contributed by atoms with Crippen molar-refractivity contribution in [1.82, 2.24) is 0 Å². The van der Waals surface area contributed by atoms with Crippen LogP contribution in [0.3, 0.4) is 0 Å². The van der Waals surface area contributed by atoms with Crippen molar-refractivity contribution in [3.63, 3.8) is 0 Å². The van der Waals surface area contributed by atoms with Crippen molar-refractivity contribution in [1.29, 1.82) is 0 Å². The van der Waals surface area contributed by atoms with Gasteiger partial charge < -0.3 is 9.47 Å². The summed E-state index contributed by atoms with van der Waals surface area (Å²) >= 11 is 0. The highest BCUT2D eigenvalue weighted by atomic mass is 16.7. The minimum atomic E-state index is -0.495. The third kappa shape index (κ3) is 4.84. The van der Waals surface area contributed by atoms with Crippen LogP contribution < -0.4 is 0 Å². The van der Waals surface area contributed by atoms with Gasteiger partial charge in [0.15, 0.2) is 12.1 Å². The Bertz CT molecular complexity index is 574. The first-order valence-electron chi connectivity index (χ1n) is 7.79. The molecule has 1 unspecified atom stereocenters. The highest BCUT2D eigenvalue weighted by Crippen LogP contribution is 2.28. The largest absolute Gasteiger partial charge is 0.352 e. The molecule has 2 rings (SSSR count). The molecule has 1 aliphatic heterocycles. The van der Waals surface area contributed by atoms with Crippen LogP contribution in [0.2, 0.25) is 0 Å². The second-order valence-electron chi connectivity index (χ2n) is 6.90. The van der Waals surface area contributed by atoms with E-state index < -0.39 is 4.92 Å². The van der Waals surface area contributed by atoms with E-state index in [2.05, 4.69) is 13.8 Å². The molecule has 1 aromatic rings. The molecular formula is C17H23NO5. The minimum absolute atomic E-state index is 0.0228. The van der Waals surface area contributed by atoms with Crippen molar-refractivity contribution in [3.05, 3.63) is 39.9 Å². The summed E-state index contributed by atoms with van der Waals surface area (Å²) in [5.41, 5.74) is 0.331.